The molecule has 0 aromatic heterocycles. The van der Waals surface area contributed by atoms with Crippen LogP contribution in [0.15, 0.2) is 36.5 Å². The first-order chi connectivity index (χ1) is 43.1. The van der Waals surface area contributed by atoms with Crippen molar-refractivity contribution in [3.63, 3.8) is 0 Å². The van der Waals surface area contributed by atoms with Crippen LogP contribution in [-0.4, -0.2) is 140 Å². The highest BCUT2D eigenvalue weighted by atomic mass is 16.7. The van der Waals surface area contributed by atoms with Crippen LogP contribution in [0.3, 0.4) is 0 Å². The lowest BCUT2D eigenvalue weighted by atomic mass is 9.97. The Balaban J connectivity index is 1.68. The average Bonchev–Trinajstić information content (AvgIpc) is 1.74. The van der Waals surface area contributed by atoms with E-state index in [0.717, 1.165) is 44.9 Å². The molecule has 2 saturated heterocycles. The van der Waals surface area contributed by atoms with E-state index in [0.29, 0.717) is 12.8 Å². The molecule has 2 heterocycles. The summed E-state index contributed by atoms with van der Waals surface area (Å²) in [5.74, 6) is -0.246. The zero-order valence-corrected chi connectivity index (χ0v) is 56.5. The maximum absolute atomic E-state index is 13.3. The molecular formula is C74H139NO13. The van der Waals surface area contributed by atoms with Gasteiger partial charge in [0.25, 0.3) is 0 Å². The van der Waals surface area contributed by atoms with Crippen LogP contribution >= 0.6 is 0 Å². The fourth-order valence-electron chi connectivity index (χ4n) is 12.4. The summed E-state index contributed by atoms with van der Waals surface area (Å²) in [5, 5.41) is 87.5. The molecule has 9 N–H and O–H groups in total. The molecule has 2 fully saturated rings. The highest BCUT2D eigenvalue weighted by Gasteiger charge is 2.51. The zero-order chi connectivity index (χ0) is 63.8. The van der Waals surface area contributed by atoms with E-state index in [9.17, 15) is 45.6 Å². The van der Waals surface area contributed by atoms with Gasteiger partial charge in [-0.25, -0.2) is 0 Å². The number of unbranched alkanes of at least 4 members (excludes halogenated alkanes) is 45. The fraction of sp³-hybridized carbons (Fsp3) is 0.905. The number of allylic oxidation sites excluding steroid dienone is 5. The number of amides is 1. The van der Waals surface area contributed by atoms with Gasteiger partial charge in [-0.05, 0) is 44.9 Å². The largest absolute Gasteiger partial charge is 0.394 e. The second-order valence-corrected chi connectivity index (χ2v) is 26.4. The number of hydrogen-bond acceptors (Lipinski definition) is 13. The molecule has 1 amide bonds. The van der Waals surface area contributed by atoms with Gasteiger partial charge in [0.2, 0.25) is 5.91 Å². The van der Waals surface area contributed by atoms with Crippen LogP contribution in [0.2, 0.25) is 0 Å². The molecule has 0 aromatic rings. The Hall–Kier alpha value is -1.79. The average molecular weight is 1250 g/mol. The number of aliphatic hydroxyl groups is 8. The summed E-state index contributed by atoms with van der Waals surface area (Å²) in [6.07, 6.45) is 59.3. The van der Waals surface area contributed by atoms with Gasteiger partial charge in [0.05, 0.1) is 32.0 Å². The van der Waals surface area contributed by atoms with E-state index in [1.807, 2.05) is 6.08 Å². The van der Waals surface area contributed by atoms with Crippen LogP contribution in [-0.2, 0) is 23.7 Å². The van der Waals surface area contributed by atoms with Gasteiger partial charge >= 0.3 is 0 Å². The third-order valence-corrected chi connectivity index (χ3v) is 18.3. The van der Waals surface area contributed by atoms with Gasteiger partial charge in [0.1, 0.15) is 48.8 Å². The number of carbonyl (C=O) groups is 1. The van der Waals surface area contributed by atoms with Gasteiger partial charge in [0, 0.05) is 6.42 Å². The summed E-state index contributed by atoms with van der Waals surface area (Å²) in [4.78, 5) is 13.3. The Bertz CT molecular complexity index is 1620. The summed E-state index contributed by atoms with van der Waals surface area (Å²) < 4.78 is 22.9. The second-order valence-electron chi connectivity index (χ2n) is 26.4. The van der Waals surface area contributed by atoms with E-state index in [1.165, 1.54) is 257 Å². The molecule has 0 aromatic carbocycles. The van der Waals surface area contributed by atoms with Crippen molar-refractivity contribution < 1.29 is 64.6 Å². The first-order valence-electron chi connectivity index (χ1n) is 37.2. The first-order valence-corrected chi connectivity index (χ1v) is 37.2. The Morgan fingerprint density at radius 1 is 0.398 bits per heavy atom. The number of ether oxygens (including phenoxy) is 4. The maximum Gasteiger partial charge on any atom is 0.220 e. The summed E-state index contributed by atoms with van der Waals surface area (Å²) >= 11 is 0. The number of carbonyl (C=O) groups excluding carboxylic acids is 1. The normalized spacial score (nSPS) is 23.3. The zero-order valence-electron chi connectivity index (χ0n) is 56.5. The molecule has 0 radical (unpaired) electrons. The Labute approximate surface area is 538 Å². The molecule has 0 aliphatic carbocycles. The first kappa shape index (κ1) is 82.3. The number of hydrogen-bond donors (Lipinski definition) is 9. The van der Waals surface area contributed by atoms with Crippen molar-refractivity contribution in [1.29, 1.82) is 0 Å². The molecule has 0 saturated carbocycles. The molecule has 2 aliphatic rings. The molecule has 2 aliphatic heterocycles. The van der Waals surface area contributed by atoms with Gasteiger partial charge in [-0.15, -0.1) is 0 Å². The van der Waals surface area contributed by atoms with Crippen molar-refractivity contribution in [1.82, 2.24) is 5.32 Å². The van der Waals surface area contributed by atoms with Crippen molar-refractivity contribution in [3.8, 4) is 0 Å². The lowest BCUT2D eigenvalue weighted by Gasteiger charge is -2.46. The van der Waals surface area contributed by atoms with Crippen molar-refractivity contribution in [2.24, 2.45) is 0 Å². The number of rotatable bonds is 62. The van der Waals surface area contributed by atoms with Crippen LogP contribution in [0.4, 0.5) is 0 Å². The third kappa shape index (κ3) is 42.4. The minimum atomic E-state index is -1.79. The molecule has 0 spiro atoms. The summed E-state index contributed by atoms with van der Waals surface area (Å²) in [7, 11) is 0. The van der Waals surface area contributed by atoms with Gasteiger partial charge < -0.3 is 65.1 Å². The quantitative estimate of drug-likeness (QED) is 0.0204. The van der Waals surface area contributed by atoms with Crippen LogP contribution in [0.5, 0.6) is 0 Å². The molecule has 518 valence electrons. The molecule has 14 heteroatoms. The van der Waals surface area contributed by atoms with Gasteiger partial charge in [-0.3, -0.25) is 4.79 Å². The summed E-state index contributed by atoms with van der Waals surface area (Å²) in [5.41, 5.74) is 0. The molecular weight excluding hydrogens is 1110 g/mol. The predicted octanol–water partition coefficient (Wildman–Crippen LogP) is 15.7. The Morgan fingerprint density at radius 2 is 0.727 bits per heavy atom. The smallest absolute Gasteiger partial charge is 0.220 e. The van der Waals surface area contributed by atoms with Gasteiger partial charge in [-0.1, -0.05) is 320 Å². The highest BCUT2D eigenvalue weighted by molar-refractivity contribution is 5.76. The van der Waals surface area contributed by atoms with Crippen molar-refractivity contribution in [2.75, 3.05) is 19.8 Å². The van der Waals surface area contributed by atoms with E-state index in [4.69, 9.17) is 18.9 Å². The van der Waals surface area contributed by atoms with E-state index >= 15 is 0 Å². The third-order valence-electron chi connectivity index (χ3n) is 18.3. The highest BCUT2D eigenvalue weighted by Crippen LogP contribution is 2.30. The van der Waals surface area contributed by atoms with Crippen LogP contribution < -0.4 is 5.32 Å². The van der Waals surface area contributed by atoms with Gasteiger partial charge in [-0.2, -0.15) is 0 Å². The molecule has 2 rings (SSSR count). The minimum Gasteiger partial charge on any atom is -0.394 e. The van der Waals surface area contributed by atoms with Gasteiger partial charge in [0.15, 0.2) is 12.6 Å². The molecule has 88 heavy (non-hydrogen) atoms. The van der Waals surface area contributed by atoms with E-state index < -0.39 is 86.8 Å². The molecule has 12 atom stereocenters. The number of aliphatic hydroxyl groups excluding tert-OH is 8. The minimum absolute atomic E-state index is 0.246. The summed E-state index contributed by atoms with van der Waals surface area (Å²) in [6, 6.07) is -0.937. The standard InChI is InChI=1S/C74H139NO13/c1-3-5-7-9-11-13-15-17-19-21-23-25-27-29-31-32-34-36-38-40-42-44-46-48-50-52-54-56-58-66(79)75-62(61-85-73-71(84)69(82)72(65(60-77)87-73)88-74-70(83)68(81)67(80)64(59-76)86-74)63(78)57-55-53-51-49-47-45-43-41-39-37-35-33-30-28-26-24-22-20-18-16-14-12-10-8-6-4-2/h39,41,47,49,55,57,62-65,67-74,76-78,80-84H,3-38,40,42-46,48,50-54,56,58-61H2,1-2H3,(H,75,79)/b41-39+,49-47+,57-55+. The summed E-state index contributed by atoms with van der Waals surface area (Å²) in [6.45, 7) is 2.83. The van der Waals surface area contributed by atoms with Crippen molar-refractivity contribution >= 4 is 5.91 Å². The van der Waals surface area contributed by atoms with E-state index in [-0.39, 0.29) is 18.9 Å². The molecule has 12 unspecified atom stereocenters. The topological polar surface area (TPSA) is 228 Å². The molecule has 14 nitrogen and oxygen atoms in total. The Kier molecular flexibility index (Phi) is 55.2. The van der Waals surface area contributed by atoms with Crippen LogP contribution in [0, 0.1) is 0 Å². The fourth-order valence-corrected chi connectivity index (χ4v) is 12.4. The van der Waals surface area contributed by atoms with Crippen molar-refractivity contribution in [2.45, 2.75) is 408 Å². The lowest BCUT2D eigenvalue weighted by molar-refractivity contribution is -0.359. The monoisotopic (exact) mass is 1250 g/mol. The molecule has 0 bridgehead atoms. The predicted molar refractivity (Wildman–Crippen MR) is 360 cm³/mol. The number of nitrogens with one attached hydrogen (secondary N) is 1. The SMILES string of the molecule is CCCCCCCCCCCCCCCCCC/C=C/CC/C=C/CC/C=C/C(O)C(COC1OC(CO)C(OC2OC(CO)C(O)C(O)C2O)C(O)C1O)NC(=O)CCCCCCCCCCCCCCCCCCCCCCCCCCCCCC. The Morgan fingerprint density at radius 3 is 1.11 bits per heavy atom. The lowest BCUT2D eigenvalue weighted by Crippen LogP contribution is -2.65. The van der Waals surface area contributed by atoms with Crippen LogP contribution in [0.25, 0.3) is 0 Å². The van der Waals surface area contributed by atoms with Crippen LogP contribution in [0.1, 0.15) is 335 Å². The van der Waals surface area contributed by atoms with Crippen molar-refractivity contribution in [3.05, 3.63) is 36.5 Å². The maximum atomic E-state index is 13.3. The second kappa shape index (κ2) is 59.0. The van der Waals surface area contributed by atoms with E-state index in [2.05, 4.69) is 43.5 Å². The van der Waals surface area contributed by atoms with E-state index in [1.54, 1.807) is 6.08 Å².